The van der Waals surface area contributed by atoms with Crippen molar-refractivity contribution in [1.29, 1.82) is 0 Å². The molecule has 0 saturated heterocycles. The largest absolute Gasteiger partial charge is 0.425 e. The Morgan fingerprint density at radius 1 is 1.08 bits per heavy atom. The van der Waals surface area contributed by atoms with Gasteiger partial charge in [-0.1, -0.05) is 50.2 Å². The van der Waals surface area contributed by atoms with Crippen molar-refractivity contribution in [2.75, 3.05) is 7.05 Å². The third-order valence-electron chi connectivity index (χ3n) is 3.69. The molecule has 24 heavy (non-hydrogen) atoms. The van der Waals surface area contributed by atoms with Gasteiger partial charge in [0.15, 0.2) is 5.78 Å². The number of nitrogens with zero attached hydrogens (tertiary/aromatic N) is 1. The minimum atomic E-state index is -0.694. The van der Waals surface area contributed by atoms with Gasteiger partial charge >= 0.3 is 6.09 Å². The van der Waals surface area contributed by atoms with Gasteiger partial charge in [-0.2, -0.15) is 0 Å². The summed E-state index contributed by atoms with van der Waals surface area (Å²) in [5, 5.41) is 1.89. The molecule has 0 aliphatic carbocycles. The number of carbonyl (C=O) groups excluding carboxylic acids is 2. The highest BCUT2D eigenvalue weighted by atomic mass is 32.2. The van der Waals surface area contributed by atoms with E-state index in [-0.39, 0.29) is 11.7 Å². The Kier molecular flexibility index (Phi) is 5.54. The summed E-state index contributed by atoms with van der Waals surface area (Å²) < 4.78 is 6.21. The molecule has 1 amide bonds. The van der Waals surface area contributed by atoms with Crippen LogP contribution < -0.4 is 4.74 Å². The molecule has 2 rings (SSSR count). The number of ether oxygens (including phenoxy) is 1. The summed E-state index contributed by atoms with van der Waals surface area (Å²) in [4.78, 5) is 24.7. The molecule has 0 aliphatic heterocycles. The summed E-state index contributed by atoms with van der Waals surface area (Å²) in [6.07, 6.45) is -0.499. The normalized spacial score (nSPS) is 11.6. The molecule has 2 aromatic carbocycles. The lowest BCUT2D eigenvalue weighted by Gasteiger charge is -2.28. The Labute approximate surface area is 147 Å². The van der Waals surface area contributed by atoms with Crippen LogP contribution >= 0.6 is 11.9 Å². The third-order valence-corrected chi connectivity index (χ3v) is 4.77. The average Bonchev–Trinajstić information content (AvgIpc) is 2.53. The Bertz CT molecular complexity index is 750. The molecule has 0 aromatic heterocycles. The van der Waals surface area contributed by atoms with E-state index in [2.05, 4.69) is 0 Å². The molecule has 4 nitrogen and oxygen atoms in total. The molecule has 0 heterocycles. The number of benzene rings is 2. The Morgan fingerprint density at radius 2 is 1.71 bits per heavy atom. The highest BCUT2D eigenvalue weighted by Gasteiger charge is 2.33. The number of fused-ring (bicyclic) bond motifs is 1. The summed E-state index contributed by atoms with van der Waals surface area (Å²) in [7, 11) is 1.62. The van der Waals surface area contributed by atoms with E-state index in [1.165, 1.54) is 16.3 Å². The number of rotatable bonds is 5. The van der Waals surface area contributed by atoms with Crippen LogP contribution in [0.2, 0.25) is 0 Å². The van der Waals surface area contributed by atoms with Gasteiger partial charge in [-0.25, -0.2) is 4.79 Å². The van der Waals surface area contributed by atoms with Gasteiger partial charge < -0.3 is 4.74 Å². The van der Waals surface area contributed by atoms with E-state index in [0.29, 0.717) is 5.75 Å². The number of amides is 1. The molecule has 0 bridgehead atoms. The standard InChI is InChI=1S/C19H23NO3S/c1-13(2)17(21)19(3,4)24-20(5)18(22)23-16-12-8-10-14-9-6-7-11-15(14)16/h6-13H,1-5H3. The highest BCUT2D eigenvalue weighted by Crippen LogP contribution is 2.32. The van der Waals surface area contributed by atoms with E-state index < -0.39 is 10.8 Å². The Morgan fingerprint density at radius 3 is 2.38 bits per heavy atom. The van der Waals surface area contributed by atoms with Crippen LogP contribution in [0, 0.1) is 5.92 Å². The number of Topliss-reactive ketones (excluding diaryl/α,β-unsaturated/α-hetero) is 1. The van der Waals surface area contributed by atoms with E-state index in [1.807, 2.05) is 64.1 Å². The summed E-state index contributed by atoms with van der Waals surface area (Å²) in [6.45, 7) is 7.36. The fourth-order valence-corrected chi connectivity index (χ4v) is 3.68. The van der Waals surface area contributed by atoms with E-state index >= 15 is 0 Å². The quantitative estimate of drug-likeness (QED) is 0.722. The lowest BCUT2D eigenvalue weighted by molar-refractivity contribution is -0.123. The topological polar surface area (TPSA) is 46.6 Å². The zero-order valence-corrected chi connectivity index (χ0v) is 15.5. The summed E-state index contributed by atoms with van der Waals surface area (Å²) in [6, 6.07) is 13.3. The number of hydrogen-bond acceptors (Lipinski definition) is 4. The van der Waals surface area contributed by atoms with Gasteiger partial charge in [0.25, 0.3) is 0 Å². The van der Waals surface area contributed by atoms with Crippen LogP contribution in [0.5, 0.6) is 5.75 Å². The second-order valence-corrected chi connectivity index (χ2v) is 8.21. The molecule has 5 heteroatoms. The molecule has 0 spiro atoms. The molecule has 2 aromatic rings. The predicted molar refractivity (Wildman–Crippen MR) is 99.3 cm³/mol. The minimum Gasteiger partial charge on any atom is -0.409 e. The average molecular weight is 345 g/mol. The first-order chi connectivity index (χ1) is 11.2. The Hall–Kier alpha value is -2.01. The molecular formula is C19H23NO3S. The van der Waals surface area contributed by atoms with Gasteiger partial charge in [0.05, 0.1) is 4.75 Å². The molecule has 0 atom stereocenters. The number of ketones is 1. The van der Waals surface area contributed by atoms with Crippen molar-refractivity contribution in [1.82, 2.24) is 4.31 Å². The van der Waals surface area contributed by atoms with Crippen LogP contribution in [0.15, 0.2) is 42.5 Å². The molecule has 0 aliphatic rings. The number of carbonyl (C=O) groups is 2. The molecule has 0 saturated carbocycles. The maximum absolute atomic E-state index is 12.4. The monoisotopic (exact) mass is 345 g/mol. The van der Waals surface area contributed by atoms with Gasteiger partial charge in [-0.05, 0) is 37.2 Å². The predicted octanol–water partition coefficient (Wildman–Crippen LogP) is 4.92. The third kappa shape index (κ3) is 4.09. The van der Waals surface area contributed by atoms with Crippen molar-refractivity contribution < 1.29 is 14.3 Å². The first kappa shape index (κ1) is 18.3. The van der Waals surface area contributed by atoms with Crippen molar-refractivity contribution in [3.8, 4) is 5.75 Å². The highest BCUT2D eigenvalue weighted by molar-refractivity contribution is 7.99. The van der Waals surface area contributed by atoms with Crippen LogP contribution in [-0.4, -0.2) is 28.0 Å². The second kappa shape index (κ2) is 7.26. The summed E-state index contributed by atoms with van der Waals surface area (Å²) in [5.41, 5.74) is 0. The summed E-state index contributed by atoms with van der Waals surface area (Å²) in [5.74, 6) is 0.519. The van der Waals surface area contributed by atoms with Crippen molar-refractivity contribution in [2.45, 2.75) is 32.4 Å². The second-order valence-electron chi connectivity index (χ2n) is 6.46. The number of hydrogen-bond donors (Lipinski definition) is 0. The smallest absolute Gasteiger partial charge is 0.409 e. The fourth-order valence-electron chi connectivity index (χ4n) is 2.56. The zero-order chi connectivity index (χ0) is 17.9. The van der Waals surface area contributed by atoms with Gasteiger partial charge in [0.2, 0.25) is 0 Å². The van der Waals surface area contributed by atoms with Gasteiger partial charge in [-0.3, -0.25) is 9.10 Å². The zero-order valence-electron chi connectivity index (χ0n) is 14.7. The van der Waals surface area contributed by atoms with Gasteiger partial charge in [0, 0.05) is 18.4 Å². The van der Waals surface area contributed by atoms with Crippen molar-refractivity contribution in [3.63, 3.8) is 0 Å². The molecule has 0 fully saturated rings. The lowest BCUT2D eigenvalue weighted by atomic mass is 9.98. The van der Waals surface area contributed by atoms with E-state index in [1.54, 1.807) is 13.1 Å². The van der Waals surface area contributed by atoms with E-state index in [4.69, 9.17) is 4.74 Å². The molecule has 0 N–H and O–H groups in total. The van der Waals surface area contributed by atoms with Gasteiger partial charge in [0.1, 0.15) is 5.75 Å². The molecule has 0 radical (unpaired) electrons. The molecule has 128 valence electrons. The summed E-state index contributed by atoms with van der Waals surface area (Å²) >= 11 is 1.18. The van der Waals surface area contributed by atoms with Crippen LogP contribution in [0.25, 0.3) is 10.8 Å². The van der Waals surface area contributed by atoms with Gasteiger partial charge in [-0.15, -0.1) is 0 Å². The van der Waals surface area contributed by atoms with Crippen LogP contribution in [0.3, 0.4) is 0 Å². The van der Waals surface area contributed by atoms with Crippen molar-refractivity contribution in [2.24, 2.45) is 5.92 Å². The first-order valence-corrected chi connectivity index (χ1v) is 8.66. The minimum absolute atomic E-state index is 0.0880. The SMILES string of the molecule is CC(C)C(=O)C(C)(C)SN(C)C(=O)Oc1cccc2ccccc12. The molecular weight excluding hydrogens is 322 g/mol. The fraction of sp³-hybridized carbons (Fsp3) is 0.368. The first-order valence-electron chi connectivity index (χ1n) is 7.89. The van der Waals surface area contributed by atoms with Crippen molar-refractivity contribution >= 4 is 34.6 Å². The maximum Gasteiger partial charge on any atom is 0.425 e. The maximum atomic E-state index is 12.4. The van der Waals surface area contributed by atoms with Crippen LogP contribution in [0.4, 0.5) is 4.79 Å². The van der Waals surface area contributed by atoms with Crippen LogP contribution in [0.1, 0.15) is 27.7 Å². The Balaban J connectivity index is 2.13. The van der Waals surface area contributed by atoms with E-state index in [9.17, 15) is 9.59 Å². The lowest BCUT2D eigenvalue weighted by Crippen LogP contribution is -2.37. The van der Waals surface area contributed by atoms with Crippen LogP contribution in [-0.2, 0) is 4.79 Å². The van der Waals surface area contributed by atoms with Crippen molar-refractivity contribution in [3.05, 3.63) is 42.5 Å². The van der Waals surface area contributed by atoms with E-state index in [0.717, 1.165) is 10.8 Å². The molecule has 0 unspecified atom stereocenters.